The van der Waals surface area contributed by atoms with E-state index in [1.807, 2.05) is 37.3 Å². The minimum Gasteiger partial charge on any atom is -0.345 e. The number of benzene rings is 4. The van der Waals surface area contributed by atoms with Crippen LogP contribution in [0.25, 0.3) is 0 Å². The predicted octanol–water partition coefficient (Wildman–Crippen LogP) is 5.91. The molecule has 0 aromatic heterocycles. The first-order chi connectivity index (χ1) is 18.2. The number of para-hydroxylation sites is 1. The van der Waals surface area contributed by atoms with Gasteiger partial charge in [-0.25, -0.2) is 8.42 Å². The van der Waals surface area contributed by atoms with E-state index in [-0.39, 0.29) is 16.8 Å². The summed E-state index contributed by atoms with van der Waals surface area (Å²) in [6.45, 7) is 1.89. The van der Waals surface area contributed by atoms with Gasteiger partial charge in [-0.05, 0) is 73.2 Å². The molecular weight excluding hydrogens is 522 g/mol. The van der Waals surface area contributed by atoms with Crippen LogP contribution in [0.15, 0.2) is 108 Å². The number of anilines is 2. The highest BCUT2D eigenvalue weighted by molar-refractivity contribution is 7.92. The molecule has 2 N–H and O–H groups in total. The summed E-state index contributed by atoms with van der Waals surface area (Å²) >= 11 is 5.87. The monoisotopic (exact) mass is 547 g/mol. The van der Waals surface area contributed by atoms with Gasteiger partial charge >= 0.3 is 0 Å². The largest absolute Gasteiger partial charge is 0.345 e. The number of halogens is 1. The van der Waals surface area contributed by atoms with Gasteiger partial charge < -0.3 is 10.6 Å². The average Bonchev–Trinajstić information content (AvgIpc) is 2.93. The number of rotatable bonds is 8. The highest BCUT2D eigenvalue weighted by Crippen LogP contribution is 2.24. The Morgan fingerprint density at radius 2 is 1.39 bits per heavy atom. The highest BCUT2D eigenvalue weighted by Gasteiger charge is 2.22. The van der Waals surface area contributed by atoms with Crippen molar-refractivity contribution in [3.63, 3.8) is 0 Å². The van der Waals surface area contributed by atoms with Crippen molar-refractivity contribution in [2.24, 2.45) is 0 Å². The Labute approximate surface area is 227 Å². The lowest BCUT2D eigenvalue weighted by Crippen LogP contribution is -2.28. The lowest BCUT2D eigenvalue weighted by molar-refractivity contribution is 0.0940. The minimum absolute atomic E-state index is 0.0997. The molecule has 194 valence electrons. The first-order valence-electron chi connectivity index (χ1n) is 11.8. The molecule has 0 fully saturated rings. The van der Waals surface area contributed by atoms with E-state index < -0.39 is 15.9 Å². The van der Waals surface area contributed by atoms with Crippen LogP contribution in [0, 0.1) is 0 Å². The molecule has 4 aromatic rings. The van der Waals surface area contributed by atoms with Gasteiger partial charge in [0, 0.05) is 17.6 Å². The molecular formula is C29H26ClN3O4S. The maximum Gasteiger partial charge on any atom is 0.264 e. The average molecular weight is 548 g/mol. The Bertz CT molecular complexity index is 1540. The van der Waals surface area contributed by atoms with Crippen LogP contribution >= 0.6 is 11.6 Å². The first-order valence-corrected chi connectivity index (χ1v) is 13.6. The molecule has 0 radical (unpaired) electrons. The fourth-order valence-electron chi connectivity index (χ4n) is 3.81. The van der Waals surface area contributed by atoms with Crippen LogP contribution in [0.4, 0.5) is 11.4 Å². The summed E-state index contributed by atoms with van der Waals surface area (Å²) < 4.78 is 27.0. The Hall–Kier alpha value is -4.14. The Balaban J connectivity index is 1.47. The van der Waals surface area contributed by atoms with Gasteiger partial charge in [-0.15, -0.1) is 0 Å². The van der Waals surface area contributed by atoms with E-state index in [0.29, 0.717) is 27.5 Å². The fraction of sp³-hybridized carbons (Fsp3) is 0.103. The van der Waals surface area contributed by atoms with Crippen LogP contribution in [-0.4, -0.2) is 27.3 Å². The number of hydrogen-bond acceptors (Lipinski definition) is 4. The molecule has 0 saturated carbocycles. The standard InChI is InChI=1S/C29H26ClN3O4S/c1-20(21-8-4-3-5-9-21)31-29(35)26-10-6-7-11-27(26)32-28(34)22-12-16-24(17-13-22)33(2)38(36,37)25-18-14-23(30)15-19-25/h3-20H,1-2H3,(H,31,35)(H,32,34)/t20-/m1/s1. The fourth-order valence-corrected chi connectivity index (χ4v) is 5.13. The lowest BCUT2D eigenvalue weighted by Gasteiger charge is -2.20. The quantitative estimate of drug-likeness (QED) is 0.287. The van der Waals surface area contributed by atoms with E-state index in [4.69, 9.17) is 11.6 Å². The van der Waals surface area contributed by atoms with E-state index in [2.05, 4.69) is 10.6 Å². The van der Waals surface area contributed by atoms with Crippen LogP contribution in [0.1, 0.15) is 39.2 Å². The number of carbonyl (C=O) groups is 2. The second-order valence-electron chi connectivity index (χ2n) is 8.58. The molecule has 9 heteroatoms. The summed E-state index contributed by atoms with van der Waals surface area (Å²) in [6, 6.07) is 28.1. The zero-order valence-electron chi connectivity index (χ0n) is 20.8. The molecule has 0 heterocycles. The van der Waals surface area contributed by atoms with Crippen LogP contribution in [0.2, 0.25) is 5.02 Å². The van der Waals surface area contributed by atoms with Crippen molar-refractivity contribution in [3.05, 3.63) is 125 Å². The maximum absolute atomic E-state index is 13.0. The van der Waals surface area contributed by atoms with Crippen LogP contribution in [0.3, 0.4) is 0 Å². The third-order valence-corrected chi connectivity index (χ3v) is 8.08. The van der Waals surface area contributed by atoms with Crippen molar-refractivity contribution in [1.29, 1.82) is 0 Å². The molecule has 1 atom stereocenters. The number of nitrogens with zero attached hydrogens (tertiary/aromatic N) is 1. The van der Waals surface area contributed by atoms with E-state index in [0.717, 1.165) is 9.87 Å². The molecule has 0 bridgehead atoms. The van der Waals surface area contributed by atoms with E-state index >= 15 is 0 Å². The van der Waals surface area contributed by atoms with Crippen molar-refractivity contribution in [2.45, 2.75) is 17.9 Å². The topological polar surface area (TPSA) is 95.6 Å². The van der Waals surface area contributed by atoms with Crippen LogP contribution in [-0.2, 0) is 10.0 Å². The zero-order chi connectivity index (χ0) is 27.3. The van der Waals surface area contributed by atoms with Crippen LogP contribution < -0.4 is 14.9 Å². The van der Waals surface area contributed by atoms with Crippen molar-refractivity contribution >= 4 is 44.8 Å². The summed E-state index contributed by atoms with van der Waals surface area (Å²) in [5, 5.41) is 6.18. The Morgan fingerprint density at radius 3 is 2.05 bits per heavy atom. The van der Waals surface area contributed by atoms with E-state index in [1.165, 1.54) is 43.4 Å². The maximum atomic E-state index is 13.0. The van der Waals surface area contributed by atoms with Gasteiger partial charge in [0.1, 0.15) is 0 Å². The molecule has 0 spiro atoms. The molecule has 0 saturated heterocycles. The Kier molecular flexibility index (Phi) is 8.14. The number of carbonyl (C=O) groups excluding carboxylic acids is 2. The first kappa shape index (κ1) is 26.9. The van der Waals surface area contributed by atoms with E-state index in [9.17, 15) is 18.0 Å². The highest BCUT2D eigenvalue weighted by atomic mass is 35.5. The third kappa shape index (κ3) is 6.04. The van der Waals surface area contributed by atoms with Gasteiger partial charge in [-0.1, -0.05) is 54.1 Å². The van der Waals surface area contributed by atoms with Crippen molar-refractivity contribution in [2.75, 3.05) is 16.7 Å². The lowest BCUT2D eigenvalue weighted by atomic mass is 10.1. The molecule has 0 aliphatic rings. The van der Waals surface area contributed by atoms with Gasteiger partial charge in [0.05, 0.1) is 27.9 Å². The smallest absolute Gasteiger partial charge is 0.264 e. The molecule has 0 unspecified atom stereocenters. The predicted molar refractivity (Wildman–Crippen MR) is 150 cm³/mol. The van der Waals surface area contributed by atoms with Gasteiger partial charge in [0.25, 0.3) is 21.8 Å². The number of hydrogen-bond donors (Lipinski definition) is 2. The van der Waals surface area contributed by atoms with E-state index in [1.54, 1.807) is 36.4 Å². The number of amides is 2. The van der Waals surface area contributed by atoms with Gasteiger partial charge in [-0.2, -0.15) is 0 Å². The molecule has 2 amide bonds. The molecule has 4 aromatic carbocycles. The van der Waals surface area contributed by atoms with Gasteiger partial charge in [0.2, 0.25) is 0 Å². The summed E-state index contributed by atoms with van der Waals surface area (Å²) in [5.41, 5.74) is 2.34. The van der Waals surface area contributed by atoms with Crippen molar-refractivity contribution in [3.8, 4) is 0 Å². The second kappa shape index (κ2) is 11.5. The third-order valence-electron chi connectivity index (χ3n) is 6.03. The Morgan fingerprint density at radius 1 is 0.789 bits per heavy atom. The summed E-state index contributed by atoms with van der Waals surface area (Å²) in [6.07, 6.45) is 0. The summed E-state index contributed by atoms with van der Waals surface area (Å²) in [4.78, 5) is 26.1. The summed E-state index contributed by atoms with van der Waals surface area (Å²) in [5.74, 6) is -0.752. The summed E-state index contributed by atoms with van der Waals surface area (Å²) in [7, 11) is -2.37. The molecule has 0 aliphatic carbocycles. The normalized spacial score (nSPS) is 11.9. The van der Waals surface area contributed by atoms with Crippen molar-refractivity contribution in [1.82, 2.24) is 5.32 Å². The SMILES string of the molecule is C[C@@H](NC(=O)c1ccccc1NC(=O)c1ccc(N(C)S(=O)(=O)c2ccc(Cl)cc2)cc1)c1ccccc1. The number of sulfonamides is 1. The van der Waals surface area contributed by atoms with Crippen molar-refractivity contribution < 1.29 is 18.0 Å². The zero-order valence-corrected chi connectivity index (χ0v) is 22.3. The second-order valence-corrected chi connectivity index (χ2v) is 11.0. The molecule has 7 nitrogen and oxygen atoms in total. The van der Waals surface area contributed by atoms with Crippen LogP contribution in [0.5, 0.6) is 0 Å². The molecule has 0 aliphatic heterocycles. The van der Waals surface area contributed by atoms with Gasteiger partial charge in [-0.3, -0.25) is 13.9 Å². The van der Waals surface area contributed by atoms with Gasteiger partial charge in [0.15, 0.2) is 0 Å². The molecule has 4 rings (SSSR count). The number of nitrogens with one attached hydrogen (secondary N) is 2. The molecule has 38 heavy (non-hydrogen) atoms. The minimum atomic E-state index is -3.81.